The number of esters is 1. The Kier molecular flexibility index (Phi) is 4.06. The molecular formula is C21H21NO5. The SMILES string of the molecule is CCOC(=O)c1cn2c(cc1=O)-c1oc3c(O)cccc3c1C[C@H]2C(C)C. The minimum Gasteiger partial charge on any atom is -0.504 e. The quantitative estimate of drug-likeness (QED) is 0.710. The van der Waals surface area contributed by atoms with Crippen LogP contribution >= 0.6 is 0 Å². The molecular weight excluding hydrogens is 346 g/mol. The molecule has 0 radical (unpaired) electrons. The van der Waals surface area contributed by atoms with Gasteiger partial charge in [-0.2, -0.15) is 0 Å². The van der Waals surface area contributed by atoms with Gasteiger partial charge in [0, 0.05) is 29.3 Å². The van der Waals surface area contributed by atoms with Gasteiger partial charge in [-0.3, -0.25) is 4.79 Å². The molecule has 4 rings (SSSR count). The number of benzene rings is 1. The fourth-order valence-corrected chi connectivity index (χ4v) is 3.80. The number of nitrogens with zero attached hydrogens (tertiary/aromatic N) is 1. The summed E-state index contributed by atoms with van der Waals surface area (Å²) in [4.78, 5) is 24.7. The van der Waals surface area contributed by atoms with E-state index in [1.807, 2.05) is 10.6 Å². The van der Waals surface area contributed by atoms with E-state index in [1.165, 1.54) is 6.07 Å². The van der Waals surface area contributed by atoms with Crippen molar-refractivity contribution in [1.29, 1.82) is 0 Å². The fourth-order valence-electron chi connectivity index (χ4n) is 3.80. The number of phenols is 1. The number of hydrogen-bond acceptors (Lipinski definition) is 5. The van der Waals surface area contributed by atoms with E-state index in [2.05, 4.69) is 13.8 Å². The fraction of sp³-hybridized carbons (Fsp3) is 0.333. The van der Waals surface area contributed by atoms with Crippen molar-refractivity contribution in [3.05, 3.63) is 51.8 Å². The van der Waals surface area contributed by atoms with E-state index < -0.39 is 11.4 Å². The summed E-state index contributed by atoms with van der Waals surface area (Å²) in [5, 5.41) is 11.0. The Morgan fingerprint density at radius 3 is 2.89 bits per heavy atom. The molecule has 1 aliphatic rings. The third-order valence-electron chi connectivity index (χ3n) is 5.15. The lowest BCUT2D eigenvalue weighted by Gasteiger charge is -2.31. The molecule has 1 aromatic carbocycles. The second-order valence-electron chi connectivity index (χ2n) is 7.14. The van der Waals surface area contributed by atoms with Gasteiger partial charge in [0.15, 0.2) is 22.5 Å². The Morgan fingerprint density at radius 1 is 1.41 bits per heavy atom. The number of phenolic OH excluding ortho intramolecular Hbond substituents is 1. The van der Waals surface area contributed by atoms with Gasteiger partial charge in [0.25, 0.3) is 0 Å². The van der Waals surface area contributed by atoms with Crippen LogP contribution in [0.5, 0.6) is 5.75 Å². The second kappa shape index (κ2) is 6.30. The highest BCUT2D eigenvalue weighted by Gasteiger charge is 2.32. The average Bonchev–Trinajstić information content (AvgIpc) is 3.01. The molecule has 6 nitrogen and oxygen atoms in total. The minimum atomic E-state index is -0.617. The molecule has 2 aromatic heterocycles. The number of carbonyl (C=O) groups is 1. The molecule has 140 valence electrons. The molecule has 0 amide bonds. The minimum absolute atomic E-state index is 0.0219. The van der Waals surface area contributed by atoms with Crippen molar-refractivity contribution in [1.82, 2.24) is 4.57 Å². The zero-order chi connectivity index (χ0) is 19.3. The number of hydrogen-bond donors (Lipinski definition) is 1. The summed E-state index contributed by atoms with van der Waals surface area (Å²) in [6.45, 7) is 6.11. The number of pyridine rings is 1. The molecule has 0 spiro atoms. The molecule has 0 aliphatic carbocycles. The van der Waals surface area contributed by atoms with Crippen molar-refractivity contribution in [2.75, 3.05) is 6.61 Å². The van der Waals surface area contributed by atoms with Gasteiger partial charge >= 0.3 is 5.97 Å². The number of carbonyl (C=O) groups excluding carboxylic acids is 1. The van der Waals surface area contributed by atoms with E-state index in [0.29, 0.717) is 23.5 Å². The third-order valence-corrected chi connectivity index (χ3v) is 5.15. The van der Waals surface area contributed by atoms with Crippen LogP contribution in [0, 0.1) is 5.92 Å². The summed E-state index contributed by atoms with van der Waals surface area (Å²) in [5.41, 5.74) is 1.63. The molecule has 1 atom stereocenters. The first-order valence-corrected chi connectivity index (χ1v) is 9.09. The van der Waals surface area contributed by atoms with Crippen LogP contribution in [0.15, 0.2) is 39.7 Å². The van der Waals surface area contributed by atoms with Crippen LogP contribution in [0.2, 0.25) is 0 Å². The lowest BCUT2D eigenvalue weighted by Crippen LogP contribution is -2.28. The van der Waals surface area contributed by atoms with Crippen LogP contribution in [0.25, 0.3) is 22.4 Å². The van der Waals surface area contributed by atoms with Crippen molar-refractivity contribution in [2.24, 2.45) is 5.92 Å². The number of para-hydroxylation sites is 1. The van der Waals surface area contributed by atoms with Gasteiger partial charge in [0.05, 0.1) is 12.3 Å². The van der Waals surface area contributed by atoms with Gasteiger partial charge < -0.3 is 18.8 Å². The topological polar surface area (TPSA) is 81.7 Å². The van der Waals surface area contributed by atoms with Crippen molar-refractivity contribution >= 4 is 16.9 Å². The van der Waals surface area contributed by atoms with Crippen molar-refractivity contribution < 1.29 is 19.1 Å². The Bertz CT molecular complexity index is 1110. The molecule has 3 aromatic rings. The monoisotopic (exact) mass is 367 g/mol. The van der Waals surface area contributed by atoms with Crippen LogP contribution < -0.4 is 5.43 Å². The number of ether oxygens (including phenoxy) is 1. The molecule has 0 unspecified atom stereocenters. The average molecular weight is 367 g/mol. The molecule has 1 N–H and O–H groups in total. The predicted octanol–water partition coefficient (Wildman–Crippen LogP) is 3.90. The zero-order valence-corrected chi connectivity index (χ0v) is 15.5. The predicted molar refractivity (Wildman–Crippen MR) is 101 cm³/mol. The Labute approximate surface area is 156 Å². The highest BCUT2D eigenvalue weighted by atomic mass is 16.5. The number of aromatic hydroxyl groups is 1. The highest BCUT2D eigenvalue weighted by Crippen LogP contribution is 2.44. The maximum atomic E-state index is 12.6. The molecule has 0 saturated heterocycles. The van der Waals surface area contributed by atoms with Gasteiger partial charge in [-0.05, 0) is 25.3 Å². The summed E-state index contributed by atoms with van der Waals surface area (Å²) in [6, 6.07) is 6.75. The molecule has 6 heteroatoms. The smallest absolute Gasteiger partial charge is 0.343 e. The summed E-state index contributed by atoms with van der Waals surface area (Å²) in [6.07, 6.45) is 2.26. The van der Waals surface area contributed by atoms with Crippen molar-refractivity contribution in [3.63, 3.8) is 0 Å². The molecule has 0 fully saturated rings. The second-order valence-corrected chi connectivity index (χ2v) is 7.14. The summed E-state index contributed by atoms with van der Waals surface area (Å²) < 4.78 is 12.9. The highest BCUT2D eigenvalue weighted by molar-refractivity contribution is 5.93. The van der Waals surface area contributed by atoms with Crippen LogP contribution in [0.4, 0.5) is 0 Å². The largest absolute Gasteiger partial charge is 0.504 e. The number of aromatic nitrogens is 1. The maximum absolute atomic E-state index is 12.6. The summed E-state index contributed by atoms with van der Waals surface area (Å²) in [5.74, 6) is 0.279. The van der Waals surface area contributed by atoms with Crippen LogP contribution in [-0.2, 0) is 11.2 Å². The van der Waals surface area contributed by atoms with Crippen molar-refractivity contribution in [3.8, 4) is 17.2 Å². The first-order valence-electron chi connectivity index (χ1n) is 9.09. The first-order chi connectivity index (χ1) is 12.9. The van der Waals surface area contributed by atoms with Gasteiger partial charge in [-0.15, -0.1) is 0 Å². The van der Waals surface area contributed by atoms with E-state index in [0.717, 1.165) is 10.9 Å². The van der Waals surface area contributed by atoms with E-state index in [1.54, 1.807) is 25.3 Å². The van der Waals surface area contributed by atoms with Crippen LogP contribution in [0.1, 0.15) is 42.7 Å². The zero-order valence-electron chi connectivity index (χ0n) is 15.5. The molecule has 0 saturated carbocycles. The van der Waals surface area contributed by atoms with Gasteiger partial charge in [0.1, 0.15) is 5.56 Å². The molecule has 1 aliphatic heterocycles. The van der Waals surface area contributed by atoms with Gasteiger partial charge in [-0.25, -0.2) is 4.79 Å². The molecule has 27 heavy (non-hydrogen) atoms. The third kappa shape index (κ3) is 2.63. The van der Waals surface area contributed by atoms with E-state index in [4.69, 9.17) is 9.15 Å². The summed E-state index contributed by atoms with van der Waals surface area (Å²) in [7, 11) is 0. The number of rotatable bonds is 3. The first kappa shape index (κ1) is 17.4. The Morgan fingerprint density at radius 2 is 2.19 bits per heavy atom. The normalized spacial score (nSPS) is 15.6. The number of fused-ring (bicyclic) bond motifs is 5. The van der Waals surface area contributed by atoms with E-state index >= 15 is 0 Å². The van der Waals surface area contributed by atoms with Crippen LogP contribution in [0.3, 0.4) is 0 Å². The summed E-state index contributed by atoms with van der Waals surface area (Å²) >= 11 is 0. The van der Waals surface area contributed by atoms with Gasteiger partial charge in [0.2, 0.25) is 0 Å². The number of furan rings is 1. The standard InChI is InChI=1S/C21H21NO5/c1-4-26-21(25)14-10-22-15(11(2)3)8-13-12-6-5-7-17(23)20(12)27-19(13)16(22)9-18(14)24/h5-7,9-11,15,23H,4,8H2,1-3H3/t15-/m0/s1. The van der Waals surface area contributed by atoms with E-state index in [9.17, 15) is 14.7 Å². The maximum Gasteiger partial charge on any atom is 0.343 e. The molecule has 3 heterocycles. The molecule has 0 bridgehead atoms. The van der Waals surface area contributed by atoms with E-state index in [-0.39, 0.29) is 29.9 Å². The Balaban J connectivity index is 2.00. The van der Waals surface area contributed by atoms with Crippen LogP contribution in [-0.4, -0.2) is 22.2 Å². The lowest BCUT2D eigenvalue weighted by molar-refractivity contribution is 0.0523. The lowest BCUT2D eigenvalue weighted by atomic mass is 9.89. The van der Waals surface area contributed by atoms with Crippen molar-refractivity contribution in [2.45, 2.75) is 33.2 Å². The van der Waals surface area contributed by atoms with Gasteiger partial charge in [-0.1, -0.05) is 26.0 Å². The Hall–Kier alpha value is -3.02.